The Morgan fingerprint density at radius 2 is 1.42 bits per heavy atom. The van der Waals surface area contributed by atoms with Crippen molar-refractivity contribution in [3.8, 4) is 5.75 Å². The zero-order valence-electron chi connectivity index (χ0n) is 17.3. The van der Waals surface area contributed by atoms with E-state index in [1.54, 1.807) is 6.07 Å². The molecule has 5 aromatic carbocycles. The van der Waals surface area contributed by atoms with Gasteiger partial charge in [-0.2, -0.15) is 0 Å². The van der Waals surface area contributed by atoms with Gasteiger partial charge in [-0.15, -0.1) is 0 Å². The Morgan fingerprint density at radius 1 is 0.727 bits per heavy atom. The second-order valence-corrected chi connectivity index (χ2v) is 8.44. The number of benzene rings is 5. The van der Waals surface area contributed by atoms with Crippen LogP contribution in [0.3, 0.4) is 0 Å². The van der Waals surface area contributed by atoms with Crippen LogP contribution in [0.2, 0.25) is 0 Å². The largest absolute Gasteiger partial charge is 0.479 e. The summed E-state index contributed by atoms with van der Waals surface area (Å²) >= 11 is 0. The number of rotatable bonds is 3. The van der Waals surface area contributed by atoms with Crippen LogP contribution in [0.15, 0.2) is 66.7 Å². The molecule has 1 unspecified atom stereocenters. The summed E-state index contributed by atoms with van der Waals surface area (Å²) in [4.78, 5) is 11.4. The number of carbonyl (C=O) groups is 1. The van der Waals surface area contributed by atoms with Crippen molar-refractivity contribution >= 4 is 49.1 Å². The van der Waals surface area contributed by atoms with Crippen LogP contribution in [0, 0.1) is 0 Å². The van der Waals surface area contributed by atoms with Crippen molar-refractivity contribution in [2.24, 2.45) is 0 Å². The van der Waals surface area contributed by atoms with Gasteiger partial charge in [0.2, 0.25) is 6.29 Å². The van der Waals surface area contributed by atoms with E-state index in [1.807, 2.05) is 36.4 Å². The zero-order valence-corrected chi connectivity index (χ0v) is 17.3. The summed E-state index contributed by atoms with van der Waals surface area (Å²) in [5.74, 6) is -1.08. The van der Waals surface area contributed by atoms with Gasteiger partial charge in [0.1, 0.15) is 24.1 Å². The molecule has 0 aliphatic carbocycles. The SMILES string of the molecule is O=C(O)[C@H]1OC(Oc2ccc3ccc4cc5ccccc5c5ccc2c3c45)[C@H](O)[C@@H](O)[C@@H]1O. The van der Waals surface area contributed by atoms with Gasteiger partial charge in [0.05, 0.1) is 0 Å². The maximum atomic E-state index is 11.4. The van der Waals surface area contributed by atoms with E-state index in [2.05, 4.69) is 24.3 Å². The molecular formula is C26H20O7. The fourth-order valence-electron chi connectivity index (χ4n) is 4.91. The zero-order chi connectivity index (χ0) is 22.9. The number of carboxylic acids is 1. The molecule has 1 saturated heterocycles. The molecule has 0 amide bonds. The van der Waals surface area contributed by atoms with Gasteiger partial charge in [0.25, 0.3) is 0 Å². The second kappa shape index (κ2) is 7.26. The van der Waals surface area contributed by atoms with Crippen LogP contribution < -0.4 is 4.74 Å². The number of hydrogen-bond donors (Lipinski definition) is 4. The van der Waals surface area contributed by atoms with Crippen molar-refractivity contribution in [2.75, 3.05) is 0 Å². The summed E-state index contributed by atoms with van der Waals surface area (Å²) in [6, 6.07) is 22.0. The van der Waals surface area contributed by atoms with Gasteiger partial charge in [-0.25, -0.2) is 4.79 Å². The molecule has 1 aliphatic rings. The molecule has 7 nitrogen and oxygen atoms in total. The first kappa shape index (κ1) is 20.1. The average molecular weight is 444 g/mol. The van der Waals surface area contributed by atoms with Crippen molar-refractivity contribution in [2.45, 2.75) is 30.7 Å². The quantitative estimate of drug-likeness (QED) is 0.250. The van der Waals surface area contributed by atoms with Crippen LogP contribution in [0.5, 0.6) is 5.75 Å². The van der Waals surface area contributed by atoms with Crippen LogP contribution in [-0.4, -0.2) is 57.1 Å². The van der Waals surface area contributed by atoms with Gasteiger partial charge in [0, 0.05) is 10.8 Å². The lowest BCUT2D eigenvalue weighted by atomic mass is 9.91. The first-order valence-electron chi connectivity index (χ1n) is 10.6. The van der Waals surface area contributed by atoms with Crippen molar-refractivity contribution < 1.29 is 34.7 Å². The second-order valence-electron chi connectivity index (χ2n) is 8.44. The van der Waals surface area contributed by atoms with Gasteiger partial charge in [0.15, 0.2) is 6.10 Å². The molecule has 1 aliphatic heterocycles. The van der Waals surface area contributed by atoms with Crippen molar-refractivity contribution in [1.82, 2.24) is 0 Å². The van der Waals surface area contributed by atoms with Gasteiger partial charge in [-0.1, -0.05) is 48.5 Å². The molecule has 1 heterocycles. The normalized spacial score (nSPS) is 25.8. The topological polar surface area (TPSA) is 116 Å². The highest BCUT2D eigenvalue weighted by molar-refractivity contribution is 6.29. The fourth-order valence-corrected chi connectivity index (χ4v) is 4.91. The van der Waals surface area contributed by atoms with Gasteiger partial charge in [-0.3, -0.25) is 0 Å². The van der Waals surface area contributed by atoms with Crippen molar-refractivity contribution in [3.05, 3.63) is 66.7 Å². The van der Waals surface area contributed by atoms with Gasteiger partial charge in [-0.05, 0) is 50.5 Å². The minimum absolute atomic E-state index is 0.377. The van der Waals surface area contributed by atoms with E-state index in [0.717, 1.165) is 43.1 Å². The molecule has 166 valence electrons. The fraction of sp³-hybridized carbons (Fsp3) is 0.192. The lowest BCUT2D eigenvalue weighted by Crippen LogP contribution is -2.61. The Balaban J connectivity index is 1.52. The minimum Gasteiger partial charge on any atom is -0.479 e. The Bertz CT molecular complexity index is 1530. The predicted octanol–water partition coefficient (Wildman–Crippen LogP) is 3.01. The number of fused-ring (bicyclic) bond motifs is 2. The summed E-state index contributed by atoms with van der Waals surface area (Å²) in [5.41, 5.74) is 0. The number of aliphatic hydroxyl groups excluding tert-OH is 3. The van der Waals surface area contributed by atoms with E-state index in [1.165, 1.54) is 0 Å². The number of aliphatic hydroxyl groups is 3. The van der Waals surface area contributed by atoms with E-state index >= 15 is 0 Å². The van der Waals surface area contributed by atoms with Crippen molar-refractivity contribution in [1.29, 1.82) is 0 Å². The maximum absolute atomic E-state index is 11.4. The highest BCUT2D eigenvalue weighted by Gasteiger charge is 2.48. The van der Waals surface area contributed by atoms with E-state index in [0.29, 0.717) is 5.75 Å². The molecule has 0 saturated carbocycles. The summed E-state index contributed by atoms with van der Waals surface area (Å²) in [5, 5.41) is 48.1. The number of hydrogen-bond acceptors (Lipinski definition) is 6. The molecule has 7 heteroatoms. The molecule has 5 aromatic rings. The first-order chi connectivity index (χ1) is 15.9. The van der Waals surface area contributed by atoms with Crippen LogP contribution in [0.25, 0.3) is 43.1 Å². The Hall–Kier alpha value is -3.49. The molecule has 0 aromatic heterocycles. The minimum atomic E-state index is -1.77. The van der Waals surface area contributed by atoms with Crippen LogP contribution >= 0.6 is 0 Å². The summed E-state index contributed by atoms with van der Waals surface area (Å²) in [6.07, 6.45) is -8.32. The van der Waals surface area contributed by atoms with Crippen LogP contribution in [0.4, 0.5) is 0 Å². The molecule has 5 atom stereocenters. The van der Waals surface area contributed by atoms with E-state index < -0.39 is 36.7 Å². The monoisotopic (exact) mass is 444 g/mol. The third-order valence-electron chi connectivity index (χ3n) is 6.52. The lowest BCUT2D eigenvalue weighted by molar-refractivity contribution is -0.270. The first-order valence-corrected chi connectivity index (χ1v) is 10.6. The molecule has 0 bridgehead atoms. The summed E-state index contributed by atoms with van der Waals surface area (Å²) in [7, 11) is 0. The van der Waals surface area contributed by atoms with Crippen LogP contribution in [0.1, 0.15) is 0 Å². The molecular weight excluding hydrogens is 424 g/mol. The van der Waals surface area contributed by atoms with E-state index in [9.17, 15) is 25.2 Å². The highest BCUT2D eigenvalue weighted by atomic mass is 16.7. The number of aliphatic carboxylic acids is 1. The molecule has 1 fully saturated rings. The summed E-state index contributed by atoms with van der Waals surface area (Å²) in [6.45, 7) is 0. The van der Waals surface area contributed by atoms with Gasteiger partial charge >= 0.3 is 5.97 Å². The number of carboxylic acid groups (broad SMARTS) is 1. The third kappa shape index (κ3) is 2.94. The Kier molecular flexibility index (Phi) is 4.43. The smallest absolute Gasteiger partial charge is 0.335 e. The molecule has 0 radical (unpaired) electrons. The Labute approximate surface area is 187 Å². The Morgan fingerprint density at radius 3 is 2.24 bits per heavy atom. The molecule has 6 rings (SSSR count). The maximum Gasteiger partial charge on any atom is 0.335 e. The molecule has 4 N–H and O–H groups in total. The number of ether oxygens (including phenoxy) is 2. The average Bonchev–Trinajstić information content (AvgIpc) is 2.83. The molecule has 33 heavy (non-hydrogen) atoms. The van der Waals surface area contributed by atoms with Crippen LogP contribution in [-0.2, 0) is 9.53 Å². The summed E-state index contributed by atoms with van der Waals surface area (Å²) < 4.78 is 11.2. The standard InChI is InChI=1S/C26H20O7/c27-21-22(28)24(25(30)31)33-26(23(21)29)32-18-10-7-12-5-6-14-11-13-3-1-2-4-15(13)16-8-9-17(18)19(12)20(14)16/h1-11,21-24,26-29H,(H,30,31)/t21-,22-,23+,24-,26?/m0/s1. The highest BCUT2D eigenvalue weighted by Crippen LogP contribution is 2.42. The third-order valence-corrected chi connectivity index (χ3v) is 6.52. The molecule has 0 spiro atoms. The van der Waals surface area contributed by atoms with Crippen molar-refractivity contribution in [3.63, 3.8) is 0 Å². The van der Waals surface area contributed by atoms with E-state index in [-0.39, 0.29) is 0 Å². The lowest BCUT2D eigenvalue weighted by Gasteiger charge is -2.38. The predicted molar refractivity (Wildman–Crippen MR) is 123 cm³/mol. The van der Waals surface area contributed by atoms with Gasteiger partial charge < -0.3 is 29.9 Å². The van der Waals surface area contributed by atoms with E-state index in [4.69, 9.17) is 9.47 Å².